The van der Waals surface area contributed by atoms with Gasteiger partial charge in [-0.05, 0) is 29.1 Å². The predicted molar refractivity (Wildman–Crippen MR) is 74.6 cm³/mol. The molecule has 0 atom stereocenters. The summed E-state index contributed by atoms with van der Waals surface area (Å²) in [4.78, 5) is 7.88. The summed E-state index contributed by atoms with van der Waals surface area (Å²) in [6.45, 7) is 2.80. The molecule has 2 rings (SSSR count). The largest absolute Gasteiger partial charge is 0.394 e. The number of nitrogens with zero attached hydrogens (tertiary/aromatic N) is 2. The molecular formula is C13H15ClN4. The third-order valence-electron chi connectivity index (χ3n) is 2.73. The van der Waals surface area contributed by atoms with Crippen molar-refractivity contribution in [3.63, 3.8) is 0 Å². The van der Waals surface area contributed by atoms with Crippen LogP contribution < -0.4 is 11.1 Å². The summed E-state index contributed by atoms with van der Waals surface area (Å²) >= 11 is 5.74. The van der Waals surface area contributed by atoms with Crippen LogP contribution in [0.1, 0.15) is 18.1 Å². The zero-order valence-corrected chi connectivity index (χ0v) is 10.9. The van der Waals surface area contributed by atoms with Gasteiger partial charge in [0.25, 0.3) is 0 Å². The van der Waals surface area contributed by atoms with Crippen molar-refractivity contribution in [2.24, 2.45) is 0 Å². The molecule has 94 valence electrons. The highest BCUT2D eigenvalue weighted by atomic mass is 35.5. The van der Waals surface area contributed by atoms with E-state index in [0.29, 0.717) is 18.1 Å². The highest BCUT2D eigenvalue weighted by Gasteiger charge is 2.04. The molecule has 1 aromatic heterocycles. The monoisotopic (exact) mass is 262 g/mol. The second kappa shape index (κ2) is 5.69. The van der Waals surface area contributed by atoms with Crippen LogP contribution in [-0.2, 0) is 13.0 Å². The molecule has 0 bridgehead atoms. The standard InChI is InChI=1S/C13H15ClN4/c1-2-9-5-3-4-6-10(9)7-16-12-11(15)8-17-13(14)18-12/h3-6,8H,2,7,15H2,1H3,(H,16,17,18). The highest BCUT2D eigenvalue weighted by molar-refractivity contribution is 6.28. The maximum atomic E-state index is 5.78. The first-order valence-electron chi connectivity index (χ1n) is 5.79. The lowest BCUT2D eigenvalue weighted by atomic mass is 10.1. The second-order valence-corrected chi connectivity index (χ2v) is 4.26. The van der Waals surface area contributed by atoms with Crippen LogP contribution in [0.2, 0.25) is 5.28 Å². The van der Waals surface area contributed by atoms with Crippen molar-refractivity contribution in [3.05, 3.63) is 46.9 Å². The van der Waals surface area contributed by atoms with E-state index < -0.39 is 0 Å². The van der Waals surface area contributed by atoms with E-state index in [9.17, 15) is 0 Å². The molecule has 4 nitrogen and oxygen atoms in total. The summed E-state index contributed by atoms with van der Waals surface area (Å²) in [6, 6.07) is 8.27. The van der Waals surface area contributed by atoms with Crippen molar-refractivity contribution >= 4 is 23.1 Å². The minimum absolute atomic E-state index is 0.190. The van der Waals surface area contributed by atoms with Gasteiger partial charge in [-0.25, -0.2) is 4.98 Å². The number of nitrogen functional groups attached to an aromatic ring is 1. The Morgan fingerprint density at radius 3 is 2.72 bits per heavy atom. The van der Waals surface area contributed by atoms with Gasteiger partial charge in [0.05, 0.1) is 11.9 Å². The molecule has 0 saturated heterocycles. The zero-order valence-electron chi connectivity index (χ0n) is 10.2. The van der Waals surface area contributed by atoms with Crippen molar-refractivity contribution in [2.75, 3.05) is 11.1 Å². The lowest BCUT2D eigenvalue weighted by Crippen LogP contribution is -2.07. The van der Waals surface area contributed by atoms with Gasteiger partial charge >= 0.3 is 0 Å². The Bertz CT molecular complexity index is 542. The van der Waals surface area contributed by atoms with Gasteiger partial charge in [0.1, 0.15) is 0 Å². The predicted octanol–water partition coefficient (Wildman–Crippen LogP) is 2.89. The Morgan fingerprint density at radius 1 is 1.28 bits per heavy atom. The number of hydrogen-bond donors (Lipinski definition) is 2. The molecule has 0 saturated carbocycles. The lowest BCUT2D eigenvalue weighted by Gasteiger charge is -2.11. The quantitative estimate of drug-likeness (QED) is 0.832. The molecule has 1 heterocycles. The molecule has 1 aromatic carbocycles. The van der Waals surface area contributed by atoms with Crippen molar-refractivity contribution < 1.29 is 0 Å². The van der Waals surface area contributed by atoms with E-state index >= 15 is 0 Å². The van der Waals surface area contributed by atoms with Gasteiger partial charge in [-0.1, -0.05) is 31.2 Å². The third-order valence-corrected chi connectivity index (χ3v) is 2.92. The van der Waals surface area contributed by atoms with Crippen LogP contribution in [0.25, 0.3) is 0 Å². The van der Waals surface area contributed by atoms with Gasteiger partial charge in [-0.3, -0.25) is 0 Å². The van der Waals surface area contributed by atoms with E-state index in [4.69, 9.17) is 17.3 Å². The van der Waals surface area contributed by atoms with Gasteiger partial charge < -0.3 is 11.1 Å². The van der Waals surface area contributed by atoms with E-state index in [1.807, 2.05) is 12.1 Å². The number of hydrogen-bond acceptors (Lipinski definition) is 4. The van der Waals surface area contributed by atoms with Crippen LogP contribution in [0.5, 0.6) is 0 Å². The molecule has 18 heavy (non-hydrogen) atoms. The SMILES string of the molecule is CCc1ccccc1CNc1nc(Cl)ncc1N. The molecule has 0 aliphatic carbocycles. The number of anilines is 2. The average Bonchev–Trinajstić information content (AvgIpc) is 2.40. The van der Waals surface area contributed by atoms with E-state index in [-0.39, 0.29) is 5.28 Å². The maximum absolute atomic E-state index is 5.78. The van der Waals surface area contributed by atoms with Crippen LogP contribution >= 0.6 is 11.6 Å². The Morgan fingerprint density at radius 2 is 2.00 bits per heavy atom. The first kappa shape index (κ1) is 12.6. The summed E-state index contributed by atoms with van der Waals surface area (Å²) < 4.78 is 0. The number of benzene rings is 1. The molecule has 0 aliphatic rings. The smallest absolute Gasteiger partial charge is 0.224 e. The molecule has 2 aromatic rings. The van der Waals surface area contributed by atoms with Crippen LogP contribution in [0.15, 0.2) is 30.5 Å². The molecule has 0 spiro atoms. The van der Waals surface area contributed by atoms with Crippen LogP contribution in [-0.4, -0.2) is 9.97 Å². The van der Waals surface area contributed by atoms with Gasteiger partial charge in [0.2, 0.25) is 5.28 Å². The van der Waals surface area contributed by atoms with E-state index in [0.717, 1.165) is 6.42 Å². The van der Waals surface area contributed by atoms with E-state index in [1.165, 1.54) is 17.3 Å². The molecule has 3 N–H and O–H groups in total. The minimum atomic E-state index is 0.190. The van der Waals surface area contributed by atoms with E-state index in [1.54, 1.807) is 0 Å². The minimum Gasteiger partial charge on any atom is -0.394 e. The average molecular weight is 263 g/mol. The van der Waals surface area contributed by atoms with Crippen LogP contribution in [0.4, 0.5) is 11.5 Å². The Hall–Kier alpha value is -1.81. The number of rotatable bonds is 4. The Kier molecular flexibility index (Phi) is 3.99. The van der Waals surface area contributed by atoms with Gasteiger partial charge in [-0.2, -0.15) is 4.98 Å². The fourth-order valence-corrected chi connectivity index (χ4v) is 1.90. The first-order valence-corrected chi connectivity index (χ1v) is 6.17. The van der Waals surface area contributed by atoms with Crippen molar-refractivity contribution in [2.45, 2.75) is 19.9 Å². The summed E-state index contributed by atoms with van der Waals surface area (Å²) in [5, 5.41) is 3.37. The zero-order chi connectivity index (χ0) is 13.0. The first-order chi connectivity index (χ1) is 8.70. The fraction of sp³-hybridized carbons (Fsp3) is 0.231. The summed E-state index contributed by atoms with van der Waals surface area (Å²) in [5.74, 6) is 0.570. The molecule has 0 unspecified atom stereocenters. The maximum Gasteiger partial charge on any atom is 0.224 e. The fourth-order valence-electron chi connectivity index (χ4n) is 1.77. The van der Waals surface area contributed by atoms with E-state index in [2.05, 4.69) is 34.3 Å². The second-order valence-electron chi connectivity index (χ2n) is 3.92. The molecule has 0 radical (unpaired) electrons. The van der Waals surface area contributed by atoms with Crippen molar-refractivity contribution in [1.82, 2.24) is 9.97 Å². The third kappa shape index (κ3) is 2.90. The number of halogens is 1. The number of aryl methyl sites for hydroxylation is 1. The normalized spacial score (nSPS) is 10.3. The molecule has 5 heteroatoms. The van der Waals surface area contributed by atoms with Gasteiger partial charge in [-0.15, -0.1) is 0 Å². The number of aromatic nitrogens is 2. The number of nitrogens with two attached hydrogens (primary N) is 1. The van der Waals surface area contributed by atoms with Gasteiger partial charge in [0, 0.05) is 6.54 Å². The molecular weight excluding hydrogens is 248 g/mol. The Balaban J connectivity index is 2.14. The summed E-state index contributed by atoms with van der Waals surface area (Å²) in [5.41, 5.74) is 8.81. The lowest BCUT2D eigenvalue weighted by molar-refractivity contribution is 1.03. The Labute approximate surface area is 111 Å². The van der Waals surface area contributed by atoms with Crippen LogP contribution in [0, 0.1) is 0 Å². The number of nitrogens with one attached hydrogen (secondary N) is 1. The van der Waals surface area contributed by atoms with Crippen molar-refractivity contribution in [3.8, 4) is 0 Å². The molecule has 0 amide bonds. The van der Waals surface area contributed by atoms with Gasteiger partial charge in [0.15, 0.2) is 5.82 Å². The van der Waals surface area contributed by atoms with Crippen LogP contribution in [0.3, 0.4) is 0 Å². The van der Waals surface area contributed by atoms with Crippen molar-refractivity contribution in [1.29, 1.82) is 0 Å². The molecule has 0 fully saturated rings. The molecule has 0 aliphatic heterocycles. The topological polar surface area (TPSA) is 63.8 Å². The summed E-state index contributed by atoms with van der Waals surface area (Å²) in [7, 11) is 0. The summed E-state index contributed by atoms with van der Waals surface area (Å²) in [6.07, 6.45) is 2.50. The highest BCUT2D eigenvalue weighted by Crippen LogP contribution is 2.18.